The minimum atomic E-state index is -0.773. The smallest absolute Gasteiger partial charge is 0.342 e. The van der Waals surface area contributed by atoms with Crippen LogP contribution >= 0.6 is 27.5 Å². The van der Waals surface area contributed by atoms with E-state index < -0.39 is 17.4 Å². The van der Waals surface area contributed by atoms with Gasteiger partial charge in [-0.05, 0) is 48.8 Å². The second-order valence-corrected chi connectivity index (χ2v) is 5.48. The molecule has 0 spiro atoms. The zero-order valence-corrected chi connectivity index (χ0v) is 11.4. The van der Waals surface area contributed by atoms with E-state index in [4.69, 9.17) is 16.3 Å². The lowest BCUT2D eigenvalue weighted by Gasteiger charge is -2.20. The van der Waals surface area contributed by atoms with Gasteiger partial charge in [-0.2, -0.15) is 0 Å². The van der Waals surface area contributed by atoms with Crippen LogP contribution in [0.15, 0.2) is 16.6 Å². The van der Waals surface area contributed by atoms with Crippen LogP contribution in [0.3, 0.4) is 0 Å². The lowest BCUT2D eigenvalue weighted by Crippen LogP contribution is -2.24. The molecule has 0 radical (unpaired) electrons. The van der Waals surface area contributed by atoms with Crippen LogP contribution in [-0.4, -0.2) is 11.6 Å². The summed E-state index contributed by atoms with van der Waals surface area (Å²) in [6.45, 7) is 5.13. The highest BCUT2D eigenvalue weighted by Gasteiger charge is 2.24. The predicted octanol–water partition coefficient (Wildman–Crippen LogP) is 4.20. The zero-order valence-electron chi connectivity index (χ0n) is 9.11. The van der Waals surface area contributed by atoms with Crippen LogP contribution in [-0.2, 0) is 4.74 Å². The van der Waals surface area contributed by atoms with E-state index >= 15 is 0 Å². The highest BCUT2D eigenvalue weighted by Crippen LogP contribution is 2.27. The number of halogens is 3. The second-order valence-electron chi connectivity index (χ2n) is 4.22. The molecule has 1 aromatic carbocycles. The van der Waals surface area contributed by atoms with Crippen molar-refractivity contribution in [3.8, 4) is 0 Å². The third kappa shape index (κ3) is 3.19. The molecule has 0 unspecified atom stereocenters. The Morgan fingerprint density at radius 2 is 2.00 bits per heavy atom. The van der Waals surface area contributed by atoms with Gasteiger partial charge in [-0.1, -0.05) is 11.6 Å². The summed E-state index contributed by atoms with van der Waals surface area (Å²) < 4.78 is 19.0. The summed E-state index contributed by atoms with van der Waals surface area (Å²) in [5.74, 6) is -1.51. The molecule has 0 saturated carbocycles. The molecule has 0 heterocycles. The molecular formula is C11H11BrClFO2. The van der Waals surface area contributed by atoms with Crippen molar-refractivity contribution in [1.82, 2.24) is 0 Å². The number of carbonyl (C=O) groups is 1. The van der Waals surface area contributed by atoms with Crippen LogP contribution in [0.4, 0.5) is 4.39 Å². The van der Waals surface area contributed by atoms with E-state index in [1.807, 2.05) is 0 Å². The van der Waals surface area contributed by atoms with E-state index in [1.165, 1.54) is 12.1 Å². The number of esters is 1. The van der Waals surface area contributed by atoms with Gasteiger partial charge in [0.25, 0.3) is 0 Å². The Kier molecular flexibility index (Phi) is 3.97. The molecule has 0 aliphatic heterocycles. The van der Waals surface area contributed by atoms with E-state index in [0.717, 1.165) is 0 Å². The van der Waals surface area contributed by atoms with Crippen molar-refractivity contribution in [3.63, 3.8) is 0 Å². The Balaban J connectivity index is 3.14. The number of hydrogen-bond acceptors (Lipinski definition) is 2. The molecule has 0 saturated heterocycles. The third-order valence-corrected chi connectivity index (χ3v) is 2.60. The summed E-state index contributed by atoms with van der Waals surface area (Å²) in [6, 6.07) is 2.87. The van der Waals surface area contributed by atoms with Gasteiger partial charge in [-0.3, -0.25) is 0 Å². The van der Waals surface area contributed by atoms with Gasteiger partial charge in [-0.15, -0.1) is 0 Å². The molecule has 0 atom stereocenters. The Bertz CT molecular complexity index is 427. The molecule has 16 heavy (non-hydrogen) atoms. The zero-order chi connectivity index (χ0) is 12.5. The molecule has 2 nitrogen and oxygen atoms in total. The molecule has 0 N–H and O–H groups in total. The van der Waals surface area contributed by atoms with Crippen molar-refractivity contribution < 1.29 is 13.9 Å². The van der Waals surface area contributed by atoms with Gasteiger partial charge in [0, 0.05) is 4.47 Å². The van der Waals surface area contributed by atoms with Gasteiger partial charge in [0.05, 0.1) is 5.02 Å². The summed E-state index contributed by atoms with van der Waals surface area (Å²) in [4.78, 5) is 11.7. The fraction of sp³-hybridized carbons (Fsp3) is 0.364. The van der Waals surface area contributed by atoms with Gasteiger partial charge >= 0.3 is 5.97 Å². The van der Waals surface area contributed by atoms with E-state index in [-0.39, 0.29) is 10.6 Å². The van der Waals surface area contributed by atoms with E-state index in [0.29, 0.717) is 4.47 Å². The SMILES string of the molecule is CC(C)(C)OC(=O)c1c(Br)ccc(Cl)c1F. The number of carbonyl (C=O) groups excluding carboxylic acids is 1. The summed E-state index contributed by atoms with van der Waals surface area (Å²) in [5, 5.41) is -0.107. The van der Waals surface area contributed by atoms with Crippen LogP contribution in [0.25, 0.3) is 0 Å². The molecule has 0 fully saturated rings. The molecule has 1 rings (SSSR count). The molecule has 1 aromatic rings. The summed E-state index contributed by atoms with van der Waals surface area (Å²) in [7, 11) is 0. The number of hydrogen-bond donors (Lipinski definition) is 0. The molecule has 0 aromatic heterocycles. The van der Waals surface area contributed by atoms with E-state index in [2.05, 4.69) is 15.9 Å². The Morgan fingerprint density at radius 3 is 2.50 bits per heavy atom. The van der Waals surface area contributed by atoms with Crippen LogP contribution in [0.2, 0.25) is 5.02 Å². The minimum absolute atomic E-state index is 0.107. The average Bonchev–Trinajstić information content (AvgIpc) is 2.09. The van der Waals surface area contributed by atoms with E-state index in [9.17, 15) is 9.18 Å². The molecule has 0 aliphatic carbocycles. The number of rotatable bonds is 1. The molecule has 0 aliphatic rings. The molecule has 0 bridgehead atoms. The topological polar surface area (TPSA) is 26.3 Å². The van der Waals surface area contributed by atoms with E-state index in [1.54, 1.807) is 20.8 Å². The lowest BCUT2D eigenvalue weighted by atomic mass is 10.1. The van der Waals surface area contributed by atoms with Crippen LogP contribution in [0.5, 0.6) is 0 Å². The van der Waals surface area contributed by atoms with Crippen molar-refractivity contribution in [2.24, 2.45) is 0 Å². The maximum atomic E-state index is 13.6. The standard InChI is InChI=1S/C11H11BrClFO2/c1-11(2,3)16-10(15)8-6(12)4-5-7(13)9(8)14/h4-5H,1-3H3. The van der Waals surface area contributed by atoms with Gasteiger partial charge in [0.2, 0.25) is 0 Å². The lowest BCUT2D eigenvalue weighted by molar-refractivity contribution is 0.00636. The first-order chi connectivity index (χ1) is 7.22. The summed E-state index contributed by atoms with van der Waals surface area (Å²) >= 11 is 8.69. The Morgan fingerprint density at radius 1 is 1.44 bits per heavy atom. The van der Waals surface area contributed by atoms with Crippen molar-refractivity contribution >= 4 is 33.5 Å². The summed E-state index contributed by atoms with van der Waals surface area (Å²) in [6.07, 6.45) is 0. The minimum Gasteiger partial charge on any atom is -0.456 e. The molecule has 0 amide bonds. The number of benzene rings is 1. The fourth-order valence-corrected chi connectivity index (χ4v) is 1.67. The predicted molar refractivity (Wildman–Crippen MR) is 64.3 cm³/mol. The van der Waals surface area contributed by atoms with Gasteiger partial charge in [0.15, 0.2) is 5.82 Å². The monoisotopic (exact) mass is 308 g/mol. The van der Waals surface area contributed by atoms with Crippen LogP contribution in [0.1, 0.15) is 31.1 Å². The van der Waals surface area contributed by atoms with Gasteiger partial charge < -0.3 is 4.74 Å². The first-order valence-electron chi connectivity index (χ1n) is 4.59. The van der Waals surface area contributed by atoms with Crippen molar-refractivity contribution in [1.29, 1.82) is 0 Å². The van der Waals surface area contributed by atoms with Crippen molar-refractivity contribution in [2.45, 2.75) is 26.4 Å². The van der Waals surface area contributed by atoms with Crippen LogP contribution < -0.4 is 0 Å². The molecule has 5 heteroatoms. The highest BCUT2D eigenvalue weighted by molar-refractivity contribution is 9.10. The molecular weight excluding hydrogens is 298 g/mol. The van der Waals surface area contributed by atoms with Crippen molar-refractivity contribution in [2.75, 3.05) is 0 Å². The second kappa shape index (κ2) is 4.72. The Labute approximate surface area is 107 Å². The van der Waals surface area contributed by atoms with Crippen molar-refractivity contribution in [3.05, 3.63) is 33.0 Å². The fourth-order valence-electron chi connectivity index (χ4n) is 1.04. The van der Waals surface area contributed by atoms with Gasteiger partial charge in [0.1, 0.15) is 11.2 Å². The first-order valence-corrected chi connectivity index (χ1v) is 5.76. The third-order valence-electron chi connectivity index (χ3n) is 1.65. The molecule has 88 valence electrons. The number of ether oxygens (including phenoxy) is 1. The quantitative estimate of drug-likeness (QED) is 0.574. The average molecular weight is 310 g/mol. The highest BCUT2D eigenvalue weighted by atomic mass is 79.9. The van der Waals surface area contributed by atoms with Crippen LogP contribution in [0, 0.1) is 5.82 Å². The maximum absolute atomic E-state index is 13.6. The first kappa shape index (κ1) is 13.5. The van der Waals surface area contributed by atoms with Gasteiger partial charge in [-0.25, -0.2) is 9.18 Å². The summed E-state index contributed by atoms with van der Waals surface area (Å²) in [5.41, 5.74) is -0.854. The largest absolute Gasteiger partial charge is 0.456 e. The normalized spacial score (nSPS) is 11.4. The Hall–Kier alpha value is -0.610. The maximum Gasteiger partial charge on any atom is 0.342 e.